The van der Waals surface area contributed by atoms with Gasteiger partial charge >= 0.3 is 0 Å². The van der Waals surface area contributed by atoms with Crippen LogP contribution in [0.25, 0.3) is 11.3 Å². The van der Waals surface area contributed by atoms with Gasteiger partial charge in [-0.3, -0.25) is 0 Å². The quantitative estimate of drug-likeness (QED) is 0.772. The summed E-state index contributed by atoms with van der Waals surface area (Å²) in [6.07, 6.45) is 1.37. The molecule has 0 radical (unpaired) electrons. The number of hydrogen-bond acceptors (Lipinski definition) is 2. The van der Waals surface area contributed by atoms with E-state index in [9.17, 15) is 4.39 Å². The summed E-state index contributed by atoms with van der Waals surface area (Å²) < 4.78 is 13.5. The van der Waals surface area contributed by atoms with Crippen molar-refractivity contribution >= 4 is 23.8 Å². The van der Waals surface area contributed by atoms with Crippen molar-refractivity contribution in [2.24, 2.45) is 0 Å². The summed E-state index contributed by atoms with van der Waals surface area (Å²) in [5, 5.41) is 0.604. The molecule has 76 valence electrons. The predicted molar refractivity (Wildman–Crippen MR) is 59.8 cm³/mol. The average molecular weight is 241 g/mol. The third-order valence-corrected chi connectivity index (χ3v) is 2.47. The van der Waals surface area contributed by atoms with E-state index in [0.717, 1.165) is 0 Å². The lowest BCUT2D eigenvalue weighted by Gasteiger charge is -2.02. The highest BCUT2D eigenvalue weighted by Gasteiger charge is 2.06. The van der Waals surface area contributed by atoms with Gasteiger partial charge in [0.1, 0.15) is 0 Å². The van der Waals surface area contributed by atoms with Crippen molar-refractivity contribution in [3.63, 3.8) is 0 Å². The van der Waals surface area contributed by atoms with Crippen LogP contribution in [-0.4, -0.2) is 9.97 Å². The van der Waals surface area contributed by atoms with E-state index in [4.69, 9.17) is 23.8 Å². The second kappa shape index (κ2) is 4.08. The van der Waals surface area contributed by atoms with Crippen LogP contribution in [0.4, 0.5) is 4.39 Å². The van der Waals surface area contributed by atoms with Crippen LogP contribution in [0.3, 0.4) is 0 Å². The second-order valence-corrected chi connectivity index (χ2v) is 3.73. The minimum Gasteiger partial charge on any atom is -0.343 e. The molecular formula is C10H6ClFN2S. The minimum atomic E-state index is -0.519. The number of rotatable bonds is 1. The first kappa shape index (κ1) is 10.3. The molecule has 0 bridgehead atoms. The number of nitrogens with zero attached hydrogens (tertiary/aromatic N) is 1. The zero-order valence-corrected chi connectivity index (χ0v) is 9.07. The number of benzene rings is 1. The Kier molecular flexibility index (Phi) is 2.79. The van der Waals surface area contributed by atoms with Crippen molar-refractivity contribution in [1.29, 1.82) is 0 Å². The van der Waals surface area contributed by atoms with Crippen molar-refractivity contribution in [2.45, 2.75) is 0 Å². The van der Waals surface area contributed by atoms with Crippen LogP contribution in [0.2, 0.25) is 5.02 Å². The maximum atomic E-state index is 13.6. The van der Waals surface area contributed by atoms with Gasteiger partial charge in [0.2, 0.25) is 0 Å². The highest BCUT2D eigenvalue weighted by molar-refractivity contribution is 7.71. The Morgan fingerprint density at radius 1 is 1.27 bits per heavy atom. The fraction of sp³-hybridized carbons (Fsp3) is 0. The molecule has 5 heteroatoms. The molecule has 0 aliphatic rings. The van der Waals surface area contributed by atoms with Gasteiger partial charge in [0.25, 0.3) is 0 Å². The third-order valence-electron chi connectivity index (χ3n) is 1.93. The molecule has 0 saturated heterocycles. The molecule has 15 heavy (non-hydrogen) atoms. The van der Waals surface area contributed by atoms with Gasteiger partial charge in [-0.05, 0) is 12.1 Å². The Morgan fingerprint density at radius 3 is 2.60 bits per heavy atom. The zero-order valence-electron chi connectivity index (χ0n) is 7.50. The molecule has 0 amide bonds. The highest BCUT2D eigenvalue weighted by Crippen LogP contribution is 2.21. The van der Waals surface area contributed by atoms with E-state index >= 15 is 0 Å². The van der Waals surface area contributed by atoms with Crippen LogP contribution in [0.5, 0.6) is 0 Å². The van der Waals surface area contributed by atoms with E-state index in [0.29, 0.717) is 16.3 Å². The largest absolute Gasteiger partial charge is 0.343 e. The Morgan fingerprint density at radius 2 is 1.93 bits per heavy atom. The molecule has 0 atom stereocenters. The number of hydrogen-bond donors (Lipinski definition) is 1. The van der Waals surface area contributed by atoms with Gasteiger partial charge in [-0.2, -0.15) is 0 Å². The van der Waals surface area contributed by atoms with Crippen molar-refractivity contribution in [1.82, 2.24) is 9.97 Å². The normalized spacial score (nSPS) is 10.3. The van der Waals surface area contributed by atoms with Crippen molar-refractivity contribution in [2.75, 3.05) is 0 Å². The standard InChI is InChI=1S/C10H6ClFN2S/c11-7-3-1-6(2-4-7)9-8(12)10(15)14-5-13-9/h1-5H,(H,13,14,15). The van der Waals surface area contributed by atoms with Crippen LogP contribution in [0.15, 0.2) is 30.6 Å². The van der Waals surface area contributed by atoms with E-state index in [1.807, 2.05) is 0 Å². The number of aromatic amines is 1. The van der Waals surface area contributed by atoms with Crippen molar-refractivity contribution < 1.29 is 4.39 Å². The van der Waals surface area contributed by atoms with Crippen molar-refractivity contribution in [3.05, 3.63) is 46.1 Å². The van der Waals surface area contributed by atoms with Crippen molar-refractivity contribution in [3.8, 4) is 11.3 Å². The minimum absolute atomic E-state index is 0.0429. The summed E-state index contributed by atoms with van der Waals surface area (Å²) in [6.45, 7) is 0. The SMILES string of the molecule is Fc1c(-c2ccc(Cl)cc2)[nH]cnc1=S. The zero-order chi connectivity index (χ0) is 10.8. The average Bonchev–Trinajstić information content (AvgIpc) is 2.24. The van der Waals surface area contributed by atoms with E-state index < -0.39 is 5.82 Å². The van der Waals surface area contributed by atoms with Crippen LogP contribution >= 0.6 is 23.8 Å². The summed E-state index contributed by atoms with van der Waals surface area (Å²) in [5.74, 6) is -0.519. The molecule has 1 heterocycles. The summed E-state index contributed by atoms with van der Waals surface area (Å²) >= 11 is 10.5. The first-order chi connectivity index (χ1) is 7.18. The second-order valence-electron chi connectivity index (χ2n) is 2.90. The fourth-order valence-electron chi connectivity index (χ4n) is 1.21. The van der Waals surface area contributed by atoms with Gasteiger partial charge in [0.05, 0.1) is 12.0 Å². The maximum absolute atomic E-state index is 13.6. The lowest BCUT2D eigenvalue weighted by atomic mass is 10.1. The first-order valence-corrected chi connectivity index (χ1v) is 4.96. The summed E-state index contributed by atoms with van der Waals surface area (Å²) in [6, 6.07) is 6.80. The van der Waals surface area contributed by atoms with Crippen LogP contribution in [-0.2, 0) is 0 Å². The van der Waals surface area contributed by atoms with E-state index in [2.05, 4.69) is 9.97 Å². The highest BCUT2D eigenvalue weighted by atomic mass is 35.5. The number of aromatic nitrogens is 2. The Bertz CT molecular complexity index is 536. The molecule has 1 N–H and O–H groups in total. The molecular weight excluding hydrogens is 235 g/mol. The van der Waals surface area contributed by atoms with Crippen LogP contribution in [0.1, 0.15) is 0 Å². The monoisotopic (exact) mass is 240 g/mol. The predicted octanol–water partition coefficient (Wildman–Crippen LogP) is 3.60. The molecule has 0 spiro atoms. The molecule has 2 rings (SSSR count). The lowest BCUT2D eigenvalue weighted by Crippen LogP contribution is -1.92. The van der Waals surface area contributed by atoms with Gasteiger partial charge in [-0.15, -0.1) is 0 Å². The molecule has 2 aromatic rings. The Hall–Kier alpha value is -1.26. The van der Waals surface area contributed by atoms with Gasteiger partial charge < -0.3 is 4.98 Å². The van der Waals surface area contributed by atoms with Gasteiger partial charge in [0, 0.05) is 10.6 Å². The molecule has 0 unspecified atom stereocenters. The van der Waals surface area contributed by atoms with Gasteiger partial charge in [-0.25, -0.2) is 9.37 Å². The molecule has 0 aliphatic carbocycles. The van der Waals surface area contributed by atoms with Crippen LogP contribution in [0, 0.1) is 10.5 Å². The Labute approximate surface area is 95.8 Å². The molecule has 1 aromatic heterocycles. The van der Waals surface area contributed by atoms with Gasteiger partial charge in [-0.1, -0.05) is 36.0 Å². The molecule has 0 fully saturated rings. The number of H-pyrrole nitrogens is 1. The topological polar surface area (TPSA) is 28.7 Å². The fourth-order valence-corrected chi connectivity index (χ4v) is 1.49. The molecule has 1 aromatic carbocycles. The molecule has 0 saturated carbocycles. The molecule has 0 aliphatic heterocycles. The number of halogens is 2. The smallest absolute Gasteiger partial charge is 0.183 e. The van der Waals surface area contributed by atoms with Gasteiger partial charge in [0.15, 0.2) is 10.5 Å². The first-order valence-electron chi connectivity index (χ1n) is 4.17. The maximum Gasteiger partial charge on any atom is 0.183 e. The van der Waals surface area contributed by atoms with Crippen LogP contribution < -0.4 is 0 Å². The third kappa shape index (κ3) is 2.06. The van der Waals surface area contributed by atoms with E-state index in [1.54, 1.807) is 24.3 Å². The summed E-state index contributed by atoms with van der Waals surface area (Å²) in [5.41, 5.74) is 1.01. The summed E-state index contributed by atoms with van der Waals surface area (Å²) in [4.78, 5) is 6.36. The lowest BCUT2D eigenvalue weighted by molar-refractivity contribution is 0.613. The van der Waals surface area contributed by atoms with E-state index in [-0.39, 0.29) is 4.64 Å². The Balaban J connectivity index is 2.59. The van der Waals surface area contributed by atoms with E-state index in [1.165, 1.54) is 6.33 Å². The summed E-state index contributed by atoms with van der Waals surface area (Å²) in [7, 11) is 0. The molecule has 2 nitrogen and oxygen atoms in total. The number of nitrogens with one attached hydrogen (secondary N) is 1.